The van der Waals surface area contributed by atoms with Gasteiger partial charge in [0.25, 0.3) is 5.56 Å². The molecule has 160 valence electrons. The molecule has 8 nitrogen and oxygen atoms in total. The van der Waals surface area contributed by atoms with E-state index in [-0.39, 0.29) is 15.7 Å². The fourth-order valence-electron chi connectivity index (χ4n) is 3.53. The first kappa shape index (κ1) is 20.2. The average molecular weight is 466 g/mol. The van der Waals surface area contributed by atoms with Crippen molar-refractivity contribution in [1.29, 1.82) is 0 Å². The lowest BCUT2D eigenvalue weighted by Crippen LogP contribution is -2.25. The number of aromatic amines is 1. The predicted molar refractivity (Wildman–Crippen MR) is 123 cm³/mol. The van der Waals surface area contributed by atoms with E-state index in [2.05, 4.69) is 20.3 Å². The lowest BCUT2D eigenvalue weighted by molar-refractivity contribution is 0.593. The molecule has 0 aliphatic rings. The first-order valence-electron chi connectivity index (χ1n) is 9.55. The van der Waals surface area contributed by atoms with Gasteiger partial charge in [-0.15, -0.1) is 0 Å². The first-order chi connectivity index (χ1) is 15.3. The van der Waals surface area contributed by atoms with E-state index in [0.29, 0.717) is 16.1 Å². The SMILES string of the molecule is Cn1c(=O)c(S(=O)(=O)c2ccc(Cl)cc2)cc2cnc(Nc3cccc4[nH]ccc34)nc21. The number of H-pyrrole nitrogens is 1. The first-order valence-corrected chi connectivity index (χ1v) is 11.4. The third-order valence-corrected chi connectivity index (χ3v) is 7.19. The van der Waals surface area contributed by atoms with Gasteiger partial charge >= 0.3 is 0 Å². The Bertz CT molecular complexity index is 1660. The minimum Gasteiger partial charge on any atom is -0.361 e. The third kappa shape index (κ3) is 3.31. The van der Waals surface area contributed by atoms with Gasteiger partial charge in [-0.05, 0) is 48.5 Å². The van der Waals surface area contributed by atoms with Crippen molar-refractivity contribution in [2.24, 2.45) is 7.05 Å². The molecule has 0 saturated carbocycles. The fraction of sp³-hybridized carbons (Fsp3) is 0.0455. The molecule has 2 aromatic carbocycles. The van der Waals surface area contributed by atoms with Crippen LogP contribution in [0.3, 0.4) is 0 Å². The predicted octanol–water partition coefficient (Wildman–Crippen LogP) is 4.04. The zero-order chi connectivity index (χ0) is 22.5. The van der Waals surface area contributed by atoms with Gasteiger partial charge in [-0.3, -0.25) is 9.36 Å². The number of fused-ring (bicyclic) bond motifs is 2. The molecule has 0 aliphatic heterocycles. The highest BCUT2D eigenvalue weighted by atomic mass is 35.5. The smallest absolute Gasteiger partial charge is 0.271 e. The summed E-state index contributed by atoms with van der Waals surface area (Å²) in [6.45, 7) is 0. The van der Waals surface area contributed by atoms with Gasteiger partial charge in [0.05, 0.1) is 10.6 Å². The second-order valence-electron chi connectivity index (χ2n) is 7.17. The Morgan fingerprint density at radius 3 is 2.66 bits per heavy atom. The standard InChI is InChI=1S/C22H16ClN5O3S/c1-28-20-13(11-19(21(28)29)32(30,31)15-7-5-14(23)6-8-15)12-25-22(27-20)26-18-4-2-3-17-16(18)9-10-24-17/h2-12,24H,1H3,(H,25,26,27). The number of aryl methyl sites for hydroxylation is 1. The van der Waals surface area contributed by atoms with E-state index in [4.69, 9.17) is 11.6 Å². The van der Waals surface area contributed by atoms with Gasteiger partial charge in [0.2, 0.25) is 15.8 Å². The Hall–Kier alpha value is -3.69. The molecule has 10 heteroatoms. The van der Waals surface area contributed by atoms with Gasteiger partial charge in [-0.25, -0.2) is 13.4 Å². The van der Waals surface area contributed by atoms with Crippen molar-refractivity contribution in [1.82, 2.24) is 19.5 Å². The summed E-state index contributed by atoms with van der Waals surface area (Å²) in [6, 6.07) is 14.6. The Morgan fingerprint density at radius 2 is 1.88 bits per heavy atom. The zero-order valence-corrected chi connectivity index (χ0v) is 18.3. The van der Waals surface area contributed by atoms with E-state index in [1.54, 1.807) is 0 Å². The Morgan fingerprint density at radius 1 is 1.09 bits per heavy atom. The van der Waals surface area contributed by atoms with E-state index >= 15 is 0 Å². The van der Waals surface area contributed by atoms with E-state index in [9.17, 15) is 13.2 Å². The Kier molecular flexibility index (Phi) is 4.72. The molecule has 5 rings (SSSR count). The van der Waals surface area contributed by atoms with Crippen LogP contribution < -0.4 is 10.9 Å². The summed E-state index contributed by atoms with van der Waals surface area (Å²) >= 11 is 5.86. The number of nitrogens with one attached hydrogen (secondary N) is 2. The van der Waals surface area contributed by atoms with Gasteiger partial charge in [0.1, 0.15) is 10.5 Å². The molecule has 3 aromatic heterocycles. The van der Waals surface area contributed by atoms with Crippen LogP contribution in [0.5, 0.6) is 0 Å². The average Bonchev–Trinajstić information content (AvgIpc) is 3.27. The van der Waals surface area contributed by atoms with Crippen LogP contribution in [-0.4, -0.2) is 27.9 Å². The molecule has 3 heterocycles. The minimum absolute atomic E-state index is 0.0165. The second-order valence-corrected chi connectivity index (χ2v) is 9.53. The lowest BCUT2D eigenvalue weighted by atomic mass is 10.2. The molecule has 32 heavy (non-hydrogen) atoms. The Labute approximate surface area is 187 Å². The number of benzene rings is 2. The maximum Gasteiger partial charge on any atom is 0.271 e. The molecule has 0 aliphatic carbocycles. The van der Waals surface area contributed by atoms with Crippen LogP contribution in [0.25, 0.3) is 21.9 Å². The van der Waals surface area contributed by atoms with Crippen LogP contribution in [0.15, 0.2) is 81.6 Å². The van der Waals surface area contributed by atoms with E-state index in [0.717, 1.165) is 16.6 Å². The molecule has 0 amide bonds. The van der Waals surface area contributed by atoms with Gasteiger partial charge in [0, 0.05) is 40.8 Å². The van der Waals surface area contributed by atoms with Gasteiger partial charge < -0.3 is 10.3 Å². The largest absolute Gasteiger partial charge is 0.361 e. The fourth-order valence-corrected chi connectivity index (χ4v) is 5.05. The highest BCUT2D eigenvalue weighted by Crippen LogP contribution is 2.26. The van der Waals surface area contributed by atoms with Crippen LogP contribution in [0.2, 0.25) is 5.02 Å². The zero-order valence-electron chi connectivity index (χ0n) is 16.7. The number of aromatic nitrogens is 4. The summed E-state index contributed by atoms with van der Waals surface area (Å²) in [5, 5.41) is 4.95. The summed E-state index contributed by atoms with van der Waals surface area (Å²) in [7, 11) is -2.56. The number of pyridine rings is 1. The molecular weight excluding hydrogens is 450 g/mol. The van der Waals surface area contributed by atoms with Gasteiger partial charge in [-0.1, -0.05) is 17.7 Å². The molecule has 0 fully saturated rings. The number of hydrogen-bond donors (Lipinski definition) is 2. The van der Waals surface area contributed by atoms with Gasteiger partial charge in [-0.2, -0.15) is 4.98 Å². The van der Waals surface area contributed by atoms with Crippen molar-refractivity contribution in [2.45, 2.75) is 9.79 Å². The van der Waals surface area contributed by atoms with Crippen molar-refractivity contribution in [3.8, 4) is 0 Å². The monoisotopic (exact) mass is 465 g/mol. The molecule has 0 spiro atoms. The summed E-state index contributed by atoms with van der Waals surface area (Å²) in [4.78, 5) is 24.5. The quantitative estimate of drug-likeness (QED) is 0.414. The van der Waals surface area contributed by atoms with E-state index < -0.39 is 15.4 Å². The number of hydrogen-bond acceptors (Lipinski definition) is 6. The van der Waals surface area contributed by atoms with Crippen LogP contribution in [0, 0.1) is 0 Å². The number of nitrogens with zero attached hydrogens (tertiary/aromatic N) is 3. The molecule has 0 saturated heterocycles. The molecule has 0 radical (unpaired) electrons. The number of sulfone groups is 1. The van der Waals surface area contributed by atoms with Gasteiger partial charge in [0.15, 0.2) is 0 Å². The molecule has 0 atom stereocenters. The van der Waals surface area contributed by atoms with Crippen LogP contribution in [0.1, 0.15) is 0 Å². The summed E-state index contributed by atoms with van der Waals surface area (Å²) in [5.41, 5.74) is 1.39. The number of anilines is 2. The number of halogens is 1. The maximum absolute atomic E-state index is 13.1. The topological polar surface area (TPSA) is 110 Å². The number of rotatable bonds is 4. The molecule has 2 N–H and O–H groups in total. The highest BCUT2D eigenvalue weighted by molar-refractivity contribution is 7.91. The summed E-state index contributed by atoms with van der Waals surface area (Å²) < 4.78 is 27.3. The van der Waals surface area contributed by atoms with Crippen molar-refractivity contribution in [3.63, 3.8) is 0 Å². The van der Waals surface area contributed by atoms with Crippen LogP contribution in [-0.2, 0) is 16.9 Å². The second kappa shape index (κ2) is 7.47. The molecular formula is C22H16ClN5O3S. The highest BCUT2D eigenvalue weighted by Gasteiger charge is 2.24. The van der Waals surface area contributed by atoms with E-state index in [1.165, 1.54) is 48.1 Å². The normalized spacial score (nSPS) is 11.8. The lowest BCUT2D eigenvalue weighted by Gasteiger charge is -2.11. The third-order valence-electron chi connectivity index (χ3n) is 5.17. The molecule has 0 unspecified atom stereocenters. The van der Waals surface area contributed by atoms with Crippen LogP contribution >= 0.6 is 11.6 Å². The molecule has 0 bridgehead atoms. The summed E-state index contributed by atoms with van der Waals surface area (Å²) in [6.07, 6.45) is 3.33. The van der Waals surface area contributed by atoms with E-state index in [1.807, 2.05) is 30.5 Å². The molecule has 5 aromatic rings. The van der Waals surface area contributed by atoms with Crippen molar-refractivity contribution in [3.05, 3.63) is 82.4 Å². The van der Waals surface area contributed by atoms with Crippen molar-refractivity contribution >= 4 is 55.0 Å². The van der Waals surface area contributed by atoms with Crippen molar-refractivity contribution < 1.29 is 8.42 Å². The minimum atomic E-state index is -4.04. The Balaban J connectivity index is 1.60. The maximum atomic E-state index is 13.1. The van der Waals surface area contributed by atoms with Crippen LogP contribution in [0.4, 0.5) is 11.6 Å². The van der Waals surface area contributed by atoms with Crippen molar-refractivity contribution in [2.75, 3.05) is 5.32 Å². The summed E-state index contributed by atoms with van der Waals surface area (Å²) in [5.74, 6) is 0.287.